The molecule has 0 spiro atoms. The van der Waals surface area contributed by atoms with E-state index in [1.165, 1.54) is 0 Å². The van der Waals surface area contributed by atoms with Crippen molar-refractivity contribution in [3.63, 3.8) is 0 Å². The zero-order chi connectivity index (χ0) is 7.72. The van der Waals surface area contributed by atoms with Gasteiger partial charge in [-0.2, -0.15) is 0 Å². The van der Waals surface area contributed by atoms with Crippen molar-refractivity contribution in [3.05, 3.63) is 28.3 Å². The van der Waals surface area contributed by atoms with E-state index < -0.39 is 0 Å². The summed E-state index contributed by atoms with van der Waals surface area (Å²) in [6.07, 6.45) is 0. The quantitative estimate of drug-likeness (QED) is 0.613. The number of hydrogen-bond donors (Lipinski definition) is 1. The van der Waals surface area contributed by atoms with Gasteiger partial charge in [-0.15, -0.1) is 0 Å². The molecule has 0 bridgehead atoms. The number of phenolic OH excluding ortho intramolecular Hbond substituents is 1. The average molecular weight is 157 g/mol. The monoisotopic (exact) mass is 156 g/mol. The molecule has 0 aromatic heterocycles. The molecule has 10 heavy (non-hydrogen) atoms. The summed E-state index contributed by atoms with van der Waals surface area (Å²) in [5.74, 6) is 0.299. The molecule has 0 aliphatic rings. The van der Waals surface area contributed by atoms with E-state index in [2.05, 4.69) is 0 Å². The SMILES string of the molecule is Cc1ccc(Cl)c(C)c1O. The first-order chi connectivity index (χ1) is 4.63. The third-order valence-corrected chi connectivity index (χ3v) is 1.98. The average Bonchev–Trinajstić information content (AvgIpc) is 1.93. The third kappa shape index (κ3) is 1.09. The molecule has 0 amide bonds. The lowest BCUT2D eigenvalue weighted by atomic mass is 10.1. The second-order valence-electron chi connectivity index (χ2n) is 2.34. The molecule has 54 valence electrons. The van der Waals surface area contributed by atoms with Crippen molar-refractivity contribution < 1.29 is 5.11 Å². The van der Waals surface area contributed by atoms with Crippen LogP contribution in [0.4, 0.5) is 0 Å². The smallest absolute Gasteiger partial charge is 0.122 e. The Balaban J connectivity index is 3.34. The Morgan fingerprint density at radius 3 is 2.40 bits per heavy atom. The van der Waals surface area contributed by atoms with Gasteiger partial charge in [-0.3, -0.25) is 0 Å². The van der Waals surface area contributed by atoms with Crippen molar-refractivity contribution in [2.45, 2.75) is 13.8 Å². The summed E-state index contributed by atoms with van der Waals surface area (Å²) in [5, 5.41) is 9.92. The molecule has 0 aliphatic carbocycles. The van der Waals surface area contributed by atoms with Gasteiger partial charge in [0, 0.05) is 10.6 Å². The van der Waals surface area contributed by atoms with Crippen LogP contribution in [0.25, 0.3) is 0 Å². The number of aromatic hydroxyl groups is 1. The van der Waals surface area contributed by atoms with Gasteiger partial charge in [0.1, 0.15) is 5.75 Å². The van der Waals surface area contributed by atoms with Crippen LogP contribution >= 0.6 is 11.6 Å². The maximum atomic E-state index is 9.30. The second kappa shape index (κ2) is 2.51. The summed E-state index contributed by atoms with van der Waals surface area (Å²) >= 11 is 5.73. The van der Waals surface area contributed by atoms with E-state index in [-0.39, 0.29) is 0 Å². The molecule has 0 unspecified atom stereocenters. The van der Waals surface area contributed by atoms with Crippen LogP contribution in [0.5, 0.6) is 5.75 Å². The minimum Gasteiger partial charge on any atom is -0.507 e. The molecule has 0 heterocycles. The molecule has 2 heteroatoms. The summed E-state index contributed by atoms with van der Waals surface area (Å²) in [7, 11) is 0. The molecule has 1 N–H and O–H groups in total. The zero-order valence-corrected chi connectivity index (χ0v) is 6.74. The van der Waals surface area contributed by atoms with Crippen LogP contribution in [0.15, 0.2) is 12.1 Å². The minimum atomic E-state index is 0.299. The maximum absolute atomic E-state index is 9.30. The van der Waals surface area contributed by atoms with Crippen LogP contribution in [-0.2, 0) is 0 Å². The van der Waals surface area contributed by atoms with Crippen LogP contribution in [0.3, 0.4) is 0 Å². The Labute approximate surface area is 65.3 Å². The fraction of sp³-hybridized carbons (Fsp3) is 0.250. The first-order valence-electron chi connectivity index (χ1n) is 3.07. The minimum absolute atomic E-state index is 0.299. The van der Waals surface area contributed by atoms with E-state index in [0.29, 0.717) is 10.8 Å². The molecule has 0 saturated heterocycles. The Morgan fingerprint density at radius 1 is 1.30 bits per heavy atom. The van der Waals surface area contributed by atoms with Gasteiger partial charge in [0.25, 0.3) is 0 Å². The molecule has 0 saturated carbocycles. The van der Waals surface area contributed by atoms with Gasteiger partial charge in [-0.05, 0) is 25.5 Å². The van der Waals surface area contributed by atoms with Gasteiger partial charge in [-0.25, -0.2) is 0 Å². The van der Waals surface area contributed by atoms with Crippen molar-refractivity contribution in [3.8, 4) is 5.75 Å². The van der Waals surface area contributed by atoms with Crippen LogP contribution in [0.1, 0.15) is 11.1 Å². The molecular weight excluding hydrogens is 148 g/mol. The molecule has 1 aromatic carbocycles. The zero-order valence-electron chi connectivity index (χ0n) is 5.98. The number of halogens is 1. The summed E-state index contributed by atoms with van der Waals surface area (Å²) in [6.45, 7) is 3.64. The Bertz CT molecular complexity index is 229. The summed E-state index contributed by atoms with van der Waals surface area (Å²) in [4.78, 5) is 0. The summed E-state index contributed by atoms with van der Waals surface area (Å²) < 4.78 is 0. The summed E-state index contributed by atoms with van der Waals surface area (Å²) in [5.41, 5.74) is 1.61. The van der Waals surface area contributed by atoms with Crippen molar-refractivity contribution in [1.29, 1.82) is 0 Å². The van der Waals surface area contributed by atoms with E-state index in [4.69, 9.17) is 11.6 Å². The van der Waals surface area contributed by atoms with Crippen LogP contribution in [-0.4, -0.2) is 5.11 Å². The fourth-order valence-electron chi connectivity index (χ4n) is 0.811. The highest BCUT2D eigenvalue weighted by Crippen LogP contribution is 2.27. The number of aryl methyl sites for hydroxylation is 1. The second-order valence-corrected chi connectivity index (χ2v) is 2.75. The van der Waals surface area contributed by atoms with Gasteiger partial charge in [0.2, 0.25) is 0 Å². The molecular formula is C8H9ClO. The standard InChI is InChI=1S/C8H9ClO/c1-5-3-4-7(9)6(2)8(5)10/h3-4,10H,1-2H3. The summed E-state index contributed by atoms with van der Waals surface area (Å²) in [6, 6.07) is 3.58. The van der Waals surface area contributed by atoms with Crippen molar-refractivity contribution >= 4 is 11.6 Å². The number of benzene rings is 1. The van der Waals surface area contributed by atoms with Crippen LogP contribution in [0.2, 0.25) is 5.02 Å². The predicted molar refractivity (Wildman–Crippen MR) is 42.6 cm³/mol. The molecule has 0 radical (unpaired) electrons. The first-order valence-corrected chi connectivity index (χ1v) is 3.45. The fourth-order valence-corrected chi connectivity index (χ4v) is 0.963. The lowest BCUT2D eigenvalue weighted by Crippen LogP contribution is -1.80. The van der Waals surface area contributed by atoms with E-state index in [1.807, 2.05) is 6.92 Å². The Hall–Kier alpha value is -0.690. The molecule has 0 fully saturated rings. The molecule has 0 aliphatic heterocycles. The first kappa shape index (κ1) is 7.42. The van der Waals surface area contributed by atoms with E-state index in [0.717, 1.165) is 11.1 Å². The normalized spacial score (nSPS) is 9.90. The molecule has 1 aromatic rings. The predicted octanol–water partition coefficient (Wildman–Crippen LogP) is 2.66. The number of rotatable bonds is 0. The molecule has 0 atom stereocenters. The lowest BCUT2D eigenvalue weighted by Gasteiger charge is -2.02. The molecule has 1 rings (SSSR count). The van der Waals surface area contributed by atoms with Gasteiger partial charge in [0.15, 0.2) is 0 Å². The third-order valence-electron chi connectivity index (χ3n) is 1.57. The van der Waals surface area contributed by atoms with Gasteiger partial charge in [-0.1, -0.05) is 17.7 Å². The highest BCUT2D eigenvalue weighted by Gasteiger charge is 2.02. The number of hydrogen-bond acceptors (Lipinski definition) is 1. The van der Waals surface area contributed by atoms with Crippen molar-refractivity contribution in [2.24, 2.45) is 0 Å². The Morgan fingerprint density at radius 2 is 1.90 bits per heavy atom. The Kier molecular flexibility index (Phi) is 1.86. The topological polar surface area (TPSA) is 20.2 Å². The largest absolute Gasteiger partial charge is 0.507 e. The number of phenols is 1. The van der Waals surface area contributed by atoms with E-state index in [9.17, 15) is 5.11 Å². The van der Waals surface area contributed by atoms with Crippen LogP contribution in [0, 0.1) is 13.8 Å². The highest BCUT2D eigenvalue weighted by atomic mass is 35.5. The highest BCUT2D eigenvalue weighted by molar-refractivity contribution is 6.31. The van der Waals surface area contributed by atoms with Crippen molar-refractivity contribution in [1.82, 2.24) is 0 Å². The van der Waals surface area contributed by atoms with Gasteiger partial charge >= 0.3 is 0 Å². The van der Waals surface area contributed by atoms with Crippen molar-refractivity contribution in [2.75, 3.05) is 0 Å². The van der Waals surface area contributed by atoms with E-state index in [1.54, 1.807) is 19.1 Å². The van der Waals surface area contributed by atoms with Gasteiger partial charge < -0.3 is 5.11 Å². The lowest BCUT2D eigenvalue weighted by molar-refractivity contribution is 0.467. The van der Waals surface area contributed by atoms with Crippen LogP contribution < -0.4 is 0 Å². The van der Waals surface area contributed by atoms with E-state index >= 15 is 0 Å². The molecule has 1 nitrogen and oxygen atoms in total. The maximum Gasteiger partial charge on any atom is 0.122 e. The van der Waals surface area contributed by atoms with Gasteiger partial charge in [0.05, 0.1) is 0 Å².